The molecule has 0 saturated heterocycles. The maximum atomic E-state index is 11.7. The van der Waals surface area contributed by atoms with E-state index in [9.17, 15) is 4.79 Å². The van der Waals surface area contributed by atoms with Crippen molar-refractivity contribution in [3.63, 3.8) is 0 Å². The molecule has 0 heterocycles. The third-order valence-electron chi connectivity index (χ3n) is 2.96. The lowest BCUT2D eigenvalue weighted by Gasteiger charge is -2.14. The average Bonchev–Trinajstić information content (AvgIpc) is 2.42. The predicted molar refractivity (Wildman–Crippen MR) is 83.1 cm³/mol. The van der Waals surface area contributed by atoms with Crippen LogP contribution >= 0.6 is 27.5 Å². The summed E-state index contributed by atoms with van der Waals surface area (Å²) in [7, 11) is 0. The first kappa shape index (κ1) is 17.3. The molecule has 0 aliphatic heterocycles. The molecule has 1 unspecified atom stereocenters. The van der Waals surface area contributed by atoms with E-state index >= 15 is 0 Å². The number of aliphatic hydroxyl groups is 1. The van der Waals surface area contributed by atoms with Gasteiger partial charge in [0.2, 0.25) is 0 Å². The van der Waals surface area contributed by atoms with Gasteiger partial charge >= 0.3 is 0 Å². The van der Waals surface area contributed by atoms with Crippen molar-refractivity contribution in [2.75, 3.05) is 19.8 Å². The summed E-state index contributed by atoms with van der Waals surface area (Å²) >= 11 is 9.29. The zero-order valence-electron chi connectivity index (χ0n) is 11.4. The average molecular weight is 365 g/mol. The zero-order valence-corrected chi connectivity index (χ0v) is 13.7. The minimum atomic E-state index is -0.194. The number of carbonyl (C=O) groups is 1. The summed E-state index contributed by atoms with van der Waals surface area (Å²) in [6.45, 7) is 2.65. The Kier molecular flexibility index (Phi) is 7.95. The fourth-order valence-electron chi connectivity index (χ4n) is 1.68. The number of benzene rings is 1. The van der Waals surface area contributed by atoms with Gasteiger partial charge in [0.15, 0.2) is 6.61 Å². The molecule has 0 fully saturated rings. The van der Waals surface area contributed by atoms with Crippen LogP contribution in [0.3, 0.4) is 0 Å². The molecule has 0 saturated carbocycles. The van der Waals surface area contributed by atoms with Gasteiger partial charge in [-0.15, -0.1) is 0 Å². The highest BCUT2D eigenvalue weighted by Crippen LogP contribution is 2.27. The van der Waals surface area contributed by atoms with Crippen molar-refractivity contribution in [2.45, 2.75) is 19.8 Å². The van der Waals surface area contributed by atoms with Crippen LogP contribution in [0.4, 0.5) is 0 Å². The van der Waals surface area contributed by atoms with Gasteiger partial charge in [0, 0.05) is 17.6 Å². The van der Waals surface area contributed by atoms with Gasteiger partial charge in [0.05, 0.1) is 5.02 Å². The molecule has 1 atom stereocenters. The predicted octanol–water partition coefficient (Wildman–Crippen LogP) is 3.01. The van der Waals surface area contributed by atoms with Crippen molar-refractivity contribution < 1.29 is 14.6 Å². The molecule has 0 bridgehead atoms. The molecule has 1 rings (SSSR count). The summed E-state index contributed by atoms with van der Waals surface area (Å²) < 4.78 is 6.22. The first-order chi connectivity index (χ1) is 9.56. The summed E-state index contributed by atoms with van der Waals surface area (Å²) in [5.74, 6) is 0.577. The number of rotatable bonds is 8. The summed E-state index contributed by atoms with van der Waals surface area (Å²) in [6, 6.07) is 5.22. The normalized spacial score (nSPS) is 12.0. The van der Waals surface area contributed by atoms with Crippen molar-refractivity contribution >= 4 is 33.4 Å². The summed E-state index contributed by atoms with van der Waals surface area (Å²) in [6.07, 6.45) is 1.61. The Hall–Kier alpha value is -0.780. The lowest BCUT2D eigenvalue weighted by Crippen LogP contribution is -2.33. The number of hydrogen-bond acceptors (Lipinski definition) is 3. The van der Waals surface area contributed by atoms with E-state index in [1.54, 1.807) is 18.2 Å². The Balaban J connectivity index is 2.36. The van der Waals surface area contributed by atoms with Gasteiger partial charge in [0.25, 0.3) is 5.91 Å². The lowest BCUT2D eigenvalue weighted by atomic mass is 10.0. The fourth-order valence-corrected chi connectivity index (χ4v) is 2.41. The number of carbonyl (C=O) groups excluding carboxylic acids is 1. The van der Waals surface area contributed by atoms with Crippen LogP contribution in [0.5, 0.6) is 5.75 Å². The van der Waals surface area contributed by atoms with Gasteiger partial charge in [0.1, 0.15) is 5.75 Å². The van der Waals surface area contributed by atoms with E-state index in [0.29, 0.717) is 29.7 Å². The Morgan fingerprint density at radius 3 is 2.90 bits per heavy atom. The Bertz CT molecular complexity index is 442. The van der Waals surface area contributed by atoms with Crippen LogP contribution in [0.25, 0.3) is 0 Å². The van der Waals surface area contributed by atoms with Crippen LogP contribution in [0, 0.1) is 5.92 Å². The fraction of sp³-hybridized carbons (Fsp3) is 0.500. The van der Waals surface area contributed by atoms with Gasteiger partial charge in [-0.05, 0) is 30.5 Å². The van der Waals surface area contributed by atoms with E-state index in [1.165, 1.54) is 0 Å². The molecular weight excluding hydrogens is 346 g/mol. The summed E-state index contributed by atoms with van der Waals surface area (Å²) in [4.78, 5) is 11.7. The van der Waals surface area contributed by atoms with Gasteiger partial charge in [-0.25, -0.2) is 0 Å². The second-order valence-corrected chi connectivity index (χ2v) is 5.78. The molecule has 0 spiro atoms. The number of hydrogen-bond donors (Lipinski definition) is 2. The van der Waals surface area contributed by atoms with Crippen LogP contribution in [0.2, 0.25) is 5.02 Å². The van der Waals surface area contributed by atoms with Crippen molar-refractivity contribution in [1.82, 2.24) is 5.32 Å². The zero-order chi connectivity index (χ0) is 15.0. The monoisotopic (exact) mass is 363 g/mol. The first-order valence-electron chi connectivity index (χ1n) is 6.52. The molecule has 1 aromatic carbocycles. The number of amides is 1. The summed E-state index contributed by atoms with van der Waals surface area (Å²) in [5.41, 5.74) is 0. The maximum absolute atomic E-state index is 11.7. The summed E-state index contributed by atoms with van der Waals surface area (Å²) in [5, 5.41) is 12.1. The Labute approximate surface area is 132 Å². The number of nitrogens with one attached hydrogen (secondary N) is 1. The minimum Gasteiger partial charge on any atom is -0.482 e. The lowest BCUT2D eigenvalue weighted by molar-refractivity contribution is -0.123. The van der Waals surface area contributed by atoms with E-state index in [-0.39, 0.29) is 19.1 Å². The molecule has 0 aliphatic rings. The standard InChI is InChI=1S/C14H19BrClNO3/c1-2-10(5-6-18)8-17-14(19)9-20-13-4-3-11(15)7-12(13)16/h3-4,7,10,18H,2,5-6,8-9H2,1H3,(H,17,19). The molecule has 6 heteroatoms. The van der Waals surface area contributed by atoms with Crippen molar-refractivity contribution in [3.05, 3.63) is 27.7 Å². The molecule has 0 radical (unpaired) electrons. The van der Waals surface area contributed by atoms with Crippen molar-refractivity contribution in [3.8, 4) is 5.75 Å². The SMILES string of the molecule is CCC(CCO)CNC(=O)COc1ccc(Br)cc1Cl. The first-order valence-corrected chi connectivity index (χ1v) is 7.69. The van der Waals surface area contributed by atoms with Crippen molar-refractivity contribution in [2.24, 2.45) is 5.92 Å². The quantitative estimate of drug-likeness (QED) is 0.745. The molecule has 1 amide bonds. The molecule has 20 heavy (non-hydrogen) atoms. The van der Waals surface area contributed by atoms with Crippen LogP contribution in [0.1, 0.15) is 19.8 Å². The van der Waals surface area contributed by atoms with Crippen LogP contribution < -0.4 is 10.1 Å². The highest BCUT2D eigenvalue weighted by atomic mass is 79.9. The molecule has 112 valence electrons. The van der Waals surface area contributed by atoms with Crippen LogP contribution in [-0.2, 0) is 4.79 Å². The van der Waals surface area contributed by atoms with E-state index < -0.39 is 0 Å². The van der Waals surface area contributed by atoms with E-state index in [0.717, 1.165) is 10.9 Å². The van der Waals surface area contributed by atoms with E-state index in [2.05, 4.69) is 21.2 Å². The highest BCUT2D eigenvalue weighted by molar-refractivity contribution is 9.10. The number of aliphatic hydroxyl groups excluding tert-OH is 1. The highest BCUT2D eigenvalue weighted by Gasteiger charge is 2.09. The third kappa shape index (κ3) is 6.11. The molecule has 0 aromatic heterocycles. The molecule has 4 nitrogen and oxygen atoms in total. The van der Waals surface area contributed by atoms with Gasteiger partial charge < -0.3 is 15.2 Å². The molecule has 0 aliphatic carbocycles. The van der Waals surface area contributed by atoms with E-state index in [1.807, 2.05) is 6.92 Å². The Morgan fingerprint density at radius 2 is 2.30 bits per heavy atom. The van der Waals surface area contributed by atoms with Crippen LogP contribution in [0.15, 0.2) is 22.7 Å². The maximum Gasteiger partial charge on any atom is 0.257 e. The topological polar surface area (TPSA) is 58.6 Å². The molecular formula is C14H19BrClNO3. The third-order valence-corrected chi connectivity index (χ3v) is 3.74. The second kappa shape index (κ2) is 9.21. The van der Waals surface area contributed by atoms with Crippen molar-refractivity contribution in [1.29, 1.82) is 0 Å². The molecule has 2 N–H and O–H groups in total. The van der Waals surface area contributed by atoms with Gasteiger partial charge in [-0.3, -0.25) is 4.79 Å². The van der Waals surface area contributed by atoms with E-state index in [4.69, 9.17) is 21.4 Å². The molecule has 1 aromatic rings. The Morgan fingerprint density at radius 1 is 1.55 bits per heavy atom. The number of halogens is 2. The minimum absolute atomic E-state index is 0.0725. The largest absolute Gasteiger partial charge is 0.482 e. The number of ether oxygens (including phenoxy) is 1. The smallest absolute Gasteiger partial charge is 0.257 e. The van der Waals surface area contributed by atoms with Gasteiger partial charge in [-0.1, -0.05) is 40.9 Å². The van der Waals surface area contributed by atoms with Crippen LogP contribution in [-0.4, -0.2) is 30.8 Å². The van der Waals surface area contributed by atoms with Gasteiger partial charge in [-0.2, -0.15) is 0 Å². The second-order valence-electron chi connectivity index (χ2n) is 4.45.